The first-order valence-corrected chi connectivity index (χ1v) is 9.27. The number of H-pyrrole nitrogens is 1. The molecule has 0 bridgehead atoms. The summed E-state index contributed by atoms with van der Waals surface area (Å²) < 4.78 is -0.660. The van der Waals surface area contributed by atoms with Crippen molar-refractivity contribution >= 4 is 23.5 Å². The number of imide groups is 1. The van der Waals surface area contributed by atoms with Gasteiger partial charge in [0.1, 0.15) is 11.8 Å². The second-order valence-electron chi connectivity index (χ2n) is 7.75. The van der Waals surface area contributed by atoms with Crippen LogP contribution in [-0.2, 0) is 25.6 Å². The zero-order valence-corrected chi connectivity index (χ0v) is 15.4. The summed E-state index contributed by atoms with van der Waals surface area (Å²) in [5, 5.41) is 0. The molecule has 146 valence electrons. The maximum absolute atomic E-state index is 13.5. The molecule has 3 rings (SSSR count). The molecule has 1 unspecified atom stereocenters. The fraction of sp³-hybridized carbons (Fsp3) is 0.611. The number of carbonyl (C=O) groups is 4. The standard InChI is InChI=1S/C18H25N5O4/c1-10-5-12(24)7-13(10)17(26)23(4-2-3-15(23)16(20)25)18(27)14(19)6-11-8-21-9-22-11/h8-10,13-15H,2-7,19H2,1H3,(H2-,20,21,22,25)/p+1/t10-,13+,14-,15-,23?/m0/s1. The summed E-state index contributed by atoms with van der Waals surface area (Å²) in [6, 6.07) is -1.91. The summed E-state index contributed by atoms with van der Waals surface area (Å²) in [5.41, 5.74) is 12.4. The van der Waals surface area contributed by atoms with E-state index in [0.29, 0.717) is 25.0 Å². The molecule has 1 aliphatic carbocycles. The number of quaternary nitrogens is 1. The van der Waals surface area contributed by atoms with Gasteiger partial charge in [-0.05, 0) is 5.92 Å². The van der Waals surface area contributed by atoms with Crippen LogP contribution >= 0.6 is 0 Å². The average molecular weight is 376 g/mol. The van der Waals surface area contributed by atoms with Gasteiger partial charge < -0.3 is 16.5 Å². The third-order valence-electron chi connectivity index (χ3n) is 5.95. The number of likely N-dealkylation sites (tertiary alicyclic amines) is 1. The number of imidazole rings is 1. The summed E-state index contributed by atoms with van der Waals surface area (Å²) in [5.74, 6) is -2.32. The lowest BCUT2D eigenvalue weighted by Crippen LogP contribution is -2.68. The van der Waals surface area contributed by atoms with Crippen LogP contribution in [0.2, 0.25) is 0 Å². The molecule has 1 aromatic rings. The van der Waals surface area contributed by atoms with Crippen molar-refractivity contribution in [2.45, 2.75) is 51.1 Å². The van der Waals surface area contributed by atoms with Crippen LogP contribution in [0.25, 0.3) is 0 Å². The molecular formula is C18H26N5O4+. The molecule has 2 aliphatic rings. The van der Waals surface area contributed by atoms with Crippen molar-refractivity contribution in [3.8, 4) is 0 Å². The van der Waals surface area contributed by atoms with Crippen LogP contribution in [-0.4, -0.2) is 56.6 Å². The summed E-state index contributed by atoms with van der Waals surface area (Å²) >= 11 is 0. The summed E-state index contributed by atoms with van der Waals surface area (Å²) in [4.78, 5) is 57.6. The van der Waals surface area contributed by atoms with E-state index in [1.807, 2.05) is 6.92 Å². The molecular weight excluding hydrogens is 350 g/mol. The number of Topliss-reactive ketones (excluding diaryl/α,β-unsaturated/α-hetero) is 1. The number of nitrogens with two attached hydrogens (primary N) is 2. The average Bonchev–Trinajstić information content (AvgIpc) is 3.33. The highest BCUT2D eigenvalue weighted by Crippen LogP contribution is 2.38. The van der Waals surface area contributed by atoms with Crippen LogP contribution in [0.4, 0.5) is 0 Å². The Kier molecular flexibility index (Phi) is 5.25. The van der Waals surface area contributed by atoms with E-state index in [4.69, 9.17) is 11.5 Å². The lowest BCUT2D eigenvalue weighted by atomic mass is 9.93. The number of aromatic nitrogens is 2. The Bertz CT molecular complexity index is 762. The predicted octanol–water partition coefficient (Wildman–Crippen LogP) is -0.588. The SMILES string of the molecule is C[C@H]1CC(=O)C[C@H]1C(=O)[N+]1(C(=O)[C@@H](N)Cc2cnc[nH]2)CCC[C@H]1C(N)=O. The smallest absolute Gasteiger partial charge is 0.338 e. The molecule has 3 amide bonds. The van der Waals surface area contributed by atoms with Crippen LogP contribution in [0.5, 0.6) is 0 Å². The van der Waals surface area contributed by atoms with Gasteiger partial charge in [-0.25, -0.2) is 14.6 Å². The Morgan fingerprint density at radius 3 is 2.67 bits per heavy atom. The maximum Gasteiger partial charge on any atom is 0.338 e. The van der Waals surface area contributed by atoms with Crippen LogP contribution in [0.15, 0.2) is 12.5 Å². The Morgan fingerprint density at radius 1 is 1.37 bits per heavy atom. The lowest BCUT2D eigenvalue weighted by Gasteiger charge is -2.37. The number of hydrogen-bond donors (Lipinski definition) is 3. The number of amides is 3. The largest absolute Gasteiger partial charge is 0.364 e. The van der Waals surface area contributed by atoms with Crippen LogP contribution in [0, 0.1) is 11.8 Å². The molecule has 5 N–H and O–H groups in total. The van der Waals surface area contributed by atoms with E-state index in [1.165, 1.54) is 6.33 Å². The molecule has 0 aromatic carbocycles. The van der Waals surface area contributed by atoms with Crippen LogP contribution in [0.3, 0.4) is 0 Å². The minimum Gasteiger partial charge on any atom is -0.364 e. The molecule has 9 heteroatoms. The Balaban J connectivity index is 1.95. The van der Waals surface area contributed by atoms with Gasteiger partial charge in [-0.1, -0.05) is 6.92 Å². The highest BCUT2D eigenvalue weighted by molar-refractivity contribution is 5.96. The fourth-order valence-corrected chi connectivity index (χ4v) is 4.58. The van der Waals surface area contributed by atoms with Gasteiger partial charge in [0.2, 0.25) is 0 Å². The van der Waals surface area contributed by atoms with Crippen molar-refractivity contribution in [1.82, 2.24) is 9.97 Å². The van der Waals surface area contributed by atoms with Crippen molar-refractivity contribution in [1.29, 1.82) is 0 Å². The number of hydrogen-bond acceptors (Lipinski definition) is 6. The van der Waals surface area contributed by atoms with E-state index < -0.39 is 34.3 Å². The molecule has 0 spiro atoms. The first-order chi connectivity index (χ1) is 12.8. The monoisotopic (exact) mass is 376 g/mol. The molecule has 27 heavy (non-hydrogen) atoms. The van der Waals surface area contributed by atoms with Crippen molar-refractivity contribution < 1.29 is 23.7 Å². The molecule has 1 aliphatic heterocycles. The van der Waals surface area contributed by atoms with Crippen molar-refractivity contribution in [3.63, 3.8) is 0 Å². The molecule has 1 saturated heterocycles. The number of primary amides is 1. The van der Waals surface area contributed by atoms with Crippen molar-refractivity contribution in [2.24, 2.45) is 23.3 Å². The van der Waals surface area contributed by atoms with E-state index in [0.717, 1.165) is 0 Å². The van der Waals surface area contributed by atoms with Crippen LogP contribution in [0.1, 0.15) is 38.3 Å². The Labute approximate surface area is 157 Å². The third-order valence-corrected chi connectivity index (χ3v) is 5.95. The second-order valence-corrected chi connectivity index (χ2v) is 7.75. The molecule has 2 heterocycles. The summed E-state index contributed by atoms with van der Waals surface area (Å²) in [6.45, 7) is 2.02. The molecule has 1 saturated carbocycles. The van der Waals surface area contributed by atoms with Crippen molar-refractivity contribution in [3.05, 3.63) is 18.2 Å². The molecule has 0 radical (unpaired) electrons. The van der Waals surface area contributed by atoms with E-state index in [1.54, 1.807) is 6.20 Å². The minimum atomic E-state index is -0.984. The normalized spacial score (nSPS) is 31.8. The number of nitrogens with zero attached hydrogens (tertiary/aromatic N) is 2. The number of carbonyl (C=O) groups excluding carboxylic acids is 4. The van der Waals surface area contributed by atoms with Crippen molar-refractivity contribution in [2.75, 3.05) is 6.54 Å². The predicted molar refractivity (Wildman–Crippen MR) is 94.5 cm³/mol. The maximum atomic E-state index is 13.5. The number of ketones is 1. The van der Waals surface area contributed by atoms with E-state index >= 15 is 0 Å². The van der Waals surface area contributed by atoms with E-state index in [9.17, 15) is 19.2 Å². The van der Waals surface area contributed by atoms with Gasteiger partial charge in [0.25, 0.3) is 5.91 Å². The van der Waals surface area contributed by atoms with Gasteiger partial charge in [0.15, 0.2) is 6.04 Å². The Hall–Kier alpha value is -2.39. The van der Waals surface area contributed by atoms with E-state index in [2.05, 4.69) is 9.97 Å². The highest BCUT2D eigenvalue weighted by Gasteiger charge is 2.60. The lowest BCUT2D eigenvalue weighted by molar-refractivity contribution is -0.784. The Morgan fingerprint density at radius 2 is 2.11 bits per heavy atom. The minimum absolute atomic E-state index is 0.00280. The van der Waals surface area contributed by atoms with Gasteiger partial charge in [-0.2, -0.15) is 4.48 Å². The molecule has 5 atom stereocenters. The summed E-state index contributed by atoms with van der Waals surface area (Å²) in [6.07, 6.45) is 4.52. The first kappa shape index (κ1) is 19.4. The number of aromatic amines is 1. The molecule has 2 fully saturated rings. The molecule has 9 nitrogen and oxygen atoms in total. The first-order valence-electron chi connectivity index (χ1n) is 9.27. The zero-order chi connectivity index (χ0) is 19.8. The van der Waals surface area contributed by atoms with Gasteiger partial charge in [0, 0.05) is 44.0 Å². The fourth-order valence-electron chi connectivity index (χ4n) is 4.58. The van der Waals surface area contributed by atoms with Gasteiger partial charge in [0.05, 0.1) is 18.8 Å². The van der Waals surface area contributed by atoms with Gasteiger partial charge in [-0.15, -0.1) is 0 Å². The topological polar surface area (TPSA) is 149 Å². The van der Waals surface area contributed by atoms with Crippen LogP contribution < -0.4 is 11.5 Å². The zero-order valence-electron chi connectivity index (χ0n) is 15.4. The van der Waals surface area contributed by atoms with Gasteiger partial charge >= 0.3 is 11.8 Å². The highest BCUT2D eigenvalue weighted by atomic mass is 16.2. The quantitative estimate of drug-likeness (QED) is 0.585. The number of rotatable bonds is 5. The van der Waals surface area contributed by atoms with E-state index in [-0.39, 0.29) is 37.0 Å². The molecule has 1 aromatic heterocycles. The van der Waals surface area contributed by atoms with Gasteiger partial charge in [-0.3, -0.25) is 9.59 Å². The third kappa shape index (κ3) is 3.32. The summed E-state index contributed by atoms with van der Waals surface area (Å²) in [7, 11) is 0. The second kappa shape index (κ2) is 7.32. The number of nitrogens with one attached hydrogen (secondary N) is 1.